The lowest BCUT2D eigenvalue weighted by atomic mass is 9.75. The molecule has 0 spiro atoms. The molecule has 1 aromatic carbocycles. The lowest BCUT2D eigenvalue weighted by Crippen LogP contribution is -2.37. The zero-order chi connectivity index (χ0) is 22.5. The van der Waals surface area contributed by atoms with E-state index in [1.807, 2.05) is 20.0 Å². The van der Waals surface area contributed by atoms with E-state index >= 15 is 0 Å². The molecular formula is C26H27ClFN3O. The molecule has 0 saturated heterocycles. The van der Waals surface area contributed by atoms with E-state index in [-0.39, 0.29) is 11.7 Å². The Morgan fingerprint density at radius 1 is 1.06 bits per heavy atom. The van der Waals surface area contributed by atoms with Gasteiger partial charge in [-0.2, -0.15) is 0 Å². The minimum Gasteiger partial charge on any atom is -0.324 e. The van der Waals surface area contributed by atoms with Crippen molar-refractivity contribution >= 4 is 34.1 Å². The molecule has 6 heteroatoms. The first-order chi connectivity index (χ1) is 15.3. The highest BCUT2D eigenvalue weighted by Gasteiger charge is 2.48. The number of hydrogen-bond acceptors (Lipinski definition) is 3. The number of anilines is 1. The molecule has 2 saturated carbocycles. The van der Waals surface area contributed by atoms with Crippen molar-refractivity contribution in [2.24, 2.45) is 23.2 Å². The van der Waals surface area contributed by atoms with Crippen molar-refractivity contribution in [1.29, 1.82) is 0 Å². The summed E-state index contributed by atoms with van der Waals surface area (Å²) in [6.45, 7) is 4.10. The number of halogens is 2. The van der Waals surface area contributed by atoms with Crippen LogP contribution in [0.15, 0.2) is 48.8 Å². The molecule has 1 amide bonds. The molecule has 3 aromatic rings. The van der Waals surface area contributed by atoms with Gasteiger partial charge in [0.1, 0.15) is 11.0 Å². The molecule has 2 heterocycles. The van der Waals surface area contributed by atoms with Crippen molar-refractivity contribution in [3.8, 4) is 0 Å². The minimum absolute atomic E-state index is 0.0266. The van der Waals surface area contributed by atoms with E-state index in [1.165, 1.54) is 11.6 Å². The van der Waals surface area contributed by atoms with E-state index in [4.69, 9.17) is 11.6 Å². The molecule has 5 rings (SSSR count). The Hall–Kier alpha value is -2.53. The highest BCUT2D eigenvalue weighted by molar-refractivity contribution is 6.29. The summed E-state index contributed by atoms with van der Waals surface area (Å²) < 4.78 is 13.9. The Morgan fingerprint density at radius 2 is 1.81 bits per heavy atom. The lowest BCUT2D eigenvalue weighted by molar-refractivity contribution is -0.126. The van der Waals surface area contributed by atoms with Crippen molar-refractivity contribution in [1.82, 2.24) is 9.97 Å². The zero-order valence-electron chi connectivity index (χ0n) is 18.3. The largest absolute Gasteiger partial charge is 0.324 e. The Labute approximate surface area is 192 Å². The van der Waals surface area contributed by atoms with Crippen LogP contribution in [-0.4, -0.2) is 15.9 Å². The third-order valence-electron chi connectivity index (χ3n) is 7.78. The molecular weight excluding hydrogens is 425 g/mol. The molecule has 166 valence electrons. The highest BCUT2D eigenvalue weighted by Crippen LogP contribution is 2.56. The van der Waals surface area contributed by atoms with E-state index in [1.54, 1.807) is 30.5 Å². The van der Waals surface area contributed by atoms with Gasteiger partial charge < -0.3 is 5.32 Å². The molecule has 0 bridgehead atoms. The van der Waals surface area contributed by atoms with Crippen LogP contribution >= 0.6 is 11.6 Å². The maximum atomic E-state index is 13.9. The van der Waals surface area contributed by atoms with E-state index < -0.39 is 5.41 Å². The smallest absolute Gasteiger partial charge is 0.230 e. The Morgan fingerprint density at radius 3 is 2.50 bits per heavy atom. The lowest BCUT2D eigenvalue weighted by Gasteiger charge is -2.31. The first-order valence-electron chi connectivity index (χ1n) is 11.3. The van der Waals surface area contributed by atoms with Gasteiger partial charge in [-0.15, -0.1) is 0 Å². The fourth-order valence-corrected chi connectivity index (χ4v) is 5.99. The summed E-state index contributed by atoms with van der Waals surface area (Å²) in [5.74, 6) is 1.78. The molecule has 0 aliphatic heterocycles. The minimum atomic E-state index is -0.466. The molecule has 2 aliphatic rings. The third kappa shape index (κ3) is 3.88. The number of rotatable bonds is 4. The molecule has 0 radical (unpaired) electrons. The molecule has 2 unspecified atom stereocenters. The number of nitrogens with zero attached hydrogens (tertiary/aromatic N) is 2. The van der Waals surface area contributed by atoms with Crippen LogP contribution in [-0.2, 0) is 4.79 Å². The first kappa shape index (κ1) is 21.3. The average molecular weight is 452 g/mol. The van der Waals surface area contributed by atoms with Crippen LogP contribution in [0.1, 0.15) is 51.0 Å². The second kappa shape index (κ2) is 8.11. The quantitative estimate of drug-likeness (QED) is 0.454. The summed E-state index contributed by atoms with van der Waals surface area (Å²) >= 11 is 5.85. The maximum Gasteiger partial charge on any atom is 0.230 e. The van der Waals surface area contributed by atoms with Gasteiger partial charge in [0, 0.05) is 17.0 Å². The van der Waals surface area contributed by atoms with Crippen molar-refractivity contribution in [3.63, 3.8) is 0 Å². The number of carbonyl (C=O) groups excluding carboxylic acids is 1. The van der Waals surface area contributed by atoms with Crippen LogP contribution in [0.2, 0.25) is 5.15 Å². The Balaban J connectivity index is 1.28. The predicted octanol–water partition coefficient (Wildman–Crippen LogP) is 6.61. The van der Waals surface area contributed by atoms with Gasteiger partial charge in [0.15, 0.2) is 0 Å². The van der Waals surface area contributed by atoms with E-state index in [2.05, 4.69) is 21.4 Å². The average Bonchev–Trinajstić information content (AvgIpc) is 3.34. The van der Waals surface area contributed by atoms with Crippen LogP contribution in [0, 0.1) is 29.0 Å². The van der Waals surface area contributed by atoms with Crippen molar-refractivity contribution in [3.05, 3.63) is 65.3 Å². The molecule has 2 aliphatic carbocycles. The van der Waals surface area contributed by atoms with Crippen molar-refractivity contribution in [2.45, 2.75) is 45.4 Å². The first-order valence-corrected chi connectivity index (χ1v) is 11.7. The van der Waals surface area contributed by atoms with Gasteiger partial charge in [-0.25, -0.2) is 9.37 Å². The summed E-state index contributed by atoms with van der Waals surface area (Å²) in [6, 6.07) is 10.4. The SMILES string of the molecule is CC(C)(C(=O)Nc1ccc(Cl)nc1)C1CC2CC(c3ccnc4ccc(F)cc34)CC2C1. The molecule has 2 atom stereocenters. The predicted molar refractivity (Wildman–Crippen MR) is 125 cm³/mol. The number of fused-ring (bicyclic) bond motifs is 2. The molecule has 2 aromatic heterocycles. The number of nitrogens with one attached hydrogen (secondary N) is 1. The van der Waals surface area contributed by atoms with Crippen LogP contribution in [0.5, 0.6) is 0 Å². The van der Waals surface area contributed by atoms with E-state index in [0.29, 0.717) is 34.5 Å². The monoisotopic (exact) mass is 451 g/mol. The Kier molecular flexibility index (Phi) is 5.40. The van der Waals surface area contributed by atoms with Gasteiger partial charge >= 0.3 is 0 Å². The fourth-order valence-electron chi connectivity index (χ4n) is 5.88. The summed E-state index contributed by atoms with van der Waals surface area (Å²) in [5.41, 5.74) is 2.27. The zero-order valence-corrected chi connectivity index (χ0v) is 19.1. The highest BCUT2D eigenvalue weighted by atomic mass is 35.5. The number of carbonyl (C=O) groups is 1. The van der Waals surface area contributed by atoms with E-state index in [9.17, 15) is 9.18 Å². The number of amides is 1. The second-order valence-corrected chi connectivity index (χ2v) is 10.4. The summed E-state index contributed by atoms with van der Waals surface area (Å²) in [6.07, 6.45) is 7.72. The Bertz CT molecular complexity index is 1150. The number of hydrogen-bond donors (Lipinski definition) is 1. The maximum absolute atomic E-state index is 13.9. The third-order valence-corrected chi connectivity index (χ3v) is 8.01. The number of benzene rings is 1. The van der Waals surface area contributed by atoms with Crippen LogP contribution in [0.25, 0.3) is 10.9 Å². The fraction of sp³-hybridized carbons (Fsp3) is 0.423. The van der Waals surface area contributed by atoms with Gasteiger partial charge in [-0.05, 0) is 91.3 Å². The molecule has 32 heavy (non-hydrogen) atoms. The van der Waals surface area contributed by atoms with Gasteiger partial charge in [0.25, 0.3) is 0 Å². The van der Waals surface area contributed by atoms with Crippen LogP contribution < -0.4 is 5.32 Å². The van der Waals surface area contributed by atoms with Gasteiger partial charge in [0.05, 0.1) is 17.4 Å². The number of aromatic nitrogens is 2. The summed E-state index contributed by atoms with van der Waals surface area (Å²) in [7, 11) is 0. The standard InChI is InChI=1S/C26H27ClFN3O/c1-26(2,25(32)31-20-4-6-24(27)30-14-20)18-11-15-9-17(10-16(15)12-18)21-7-8-29-23-5-3-19(28)13-22(21)23/h3-8,13-18H,9-12H2,1-2H3,(H,31,32). The second-order valence-electron chi connectivity index (χ2n) is 9.96. The van der Waals surface area contributed by atoms with Gasteiger partial charge in [-0.3, -0.25) is 9.78 Å². The van der Waals surface area contributed by atoms with E-state index in [0.717, 1.165) is 36.6 Å². The van der Waals surface area contributed by atoms with Crippen molar-refractivity contribution in [2.75, 3.05) is 5.32 Å². The van der Waals surface area contributed by atoms with Crippen LogP contribution in [0.4, 0.5) is 10.1 Å². The van der Waals surface area contributed by atoms with Gasteiger partial charge in [0.2, 0.25) is 5.91 Å². The summed E-state index contributed by atoms with van der Waals surface area (Å²) in [5, 5.41) is 4.35. The van der Waals surface area contributed by atoms with Gasteiger partial charge in [-0.1, -0.05) is 25.4 Å². The van der Waals surface area contributed by atoms with Crippen molar-refractivity contribution < 1.29 is 9.18 Å². The molecule has 2 fully saturated rings. The molecule has 4 nitrogen and oxygen atoms in total. The van der Waals surface area contributed by atoms with Crippen LogP contribution in [0.3, 0.4) is 0 Å². The summed E-state index contributed by atoms with van der Waals surface area (Å²) in [4.78, 5) is 21.5. The molecule has 1 N–H and O–H groups in total. The normalized spacial score (nSPS) is 25.1. The topological polar surface area (TPSA) is 54.9 Å². The number of pyridine rings is 2.